The van der Waals surface area contributed by atoms with Gasteiger partial charge in [-0.05, 0) is 34.1 Å². The van der Waals surface area contributed by atoms with Gasteiger partial charge in [-0.25, -0.2) is 12.8 Å². The van der Waals surface area contributed by atoms with Crippen molar-refractivity contribution >= 4 is 26.0 Å². The molecule has 0 radical (unpaired) electrons. The van der Waals surface area contributed by atoms with Crippen molar-refractivity contribution < 1.29 is 17.9 Å². The molecule has 96 valence electrons. The molecule has 0 spiro atoms. The second kappa shape index (κ2) is 5.90. The second-order valence-corrected chi connectivity index (χ2v) is 6.06. The number of sulfonamides is 1. The molecule has 0 heterocycles. The van der Waals surface area contributed by atoms with Gasteiger partial charge in [-0.3, -0.25) is 0 Å². The molecule has 0 aliphatic carbocycles. The van der Waals surface area contributed by atoms with E-state index in [0.29, 0.717) is 4.47 Å². The molecule has 0 unspecified atom stereocenters. The Morgan fingerprint density at radius 3 is 2.65 bits per heavy atom. The number of hydrogen-bond donors (Lipinski definition) is 1. The van der Waals surface area contributed by atoms with Crippen molar-refractivity contribution in [2.75, 3.05) is 19.7 Å². The number of halogens is 2. The fourth-order valence-electron chi connectivity index (χ4n) is 1.37. The lowest BCUT2D eigenvalue weighted by molar-refractivity contribution is 0.257. The fourth-order valence-corrected chi connectivity index (χ4v) is 3.75. The second-order valence-electron chi connectivity index (χ2n) is 3.30. The minimum Gasteiger partial charge on any atom is -0.395 e. The van der Waals surface area contributed by atoms with E-state index in [2.05, 4.69) is 15.9 Å². The number of aliphatic hydroxyl groups excluding tert-OH is 1. The maximum absolute atomic E-state index is 13.1. The summed E-state index contributed by atoms with van der Waals surface area (Å²) >= 11 is 3.08. The van der Waals surface area contributed by atoms with Gasteiger partial charge in [0.15, 0.2) is 0 Å². The smallest absolute Gasteiger partial charge is 0.244 e. The van der Waals surface area contributed by atoms with Crippen LogP contribution in [-0.2, 0) is 10.0 Å². The molecule has 0 fully saturated rings. The highest BCUT2D eigenvalue weighted by atomic mass is 79.9. The van der Waals surface area contributed by atoms with Crippen LogP contribution in [0.3, 0.4) is 0 Å². The molecule has 4 nitrogen and oxygen atoms in total. The summed E-state index contributed by atoms with van der Waals surface area (Å²) < 4.78 is 38.8. The van der Waals surface area contributed by atoms with Gasteiger partial charge in [0.2, 0.25) is 10.0 Å². The molecule has 0 saturated heterocycles. The molecule has 0 saturated carbocycles. The van der Waals surface area contributed by atoms with Gasteiger partial charge < -0.3 is 5.11 Å². The van der Waals surface area contributed by atoms with Crippen LogP contribution in [-0.4, -0.2) is 37.5 Å². The van der Waals surface area contributed by atoms with E-state index >= 15 is 0 Å². The van der Waals surface area contributed by atoms with Crippen molar-refractivity contribution in [1.29, 1.82) is 0 Å². The van der Waals surface area contributed by atoms with E-state index in [1.165, 1.54) is 12.1 Å². The standard InChI is InChI=1S/C10H13BrFNO3S/c1-2-13(5-6-14)17(15,16)10-7-8(12)3-4-9(10)11/h3-4,7,14H,2,5-6H2,1H3. The third-order valence-corrected chi connectivity index (χ3v) is 5.18. The molecular weight excluding hydrogens is 313 g/mol. The van der Waals surface area contributed by atoms with Crippen LogP contribution in [0, 0.1) is 5.82 Å². The van der Waals surface area contributed by atoms with Crippen LogP contribution in [0.15, 0.2) is 27.6 Å². The van der Waals surface area contributed by atoms with Gasteiger partial charge in [0.1, 0.15) is 5.82 Å². The van der Waals surface area contributed by atoms with Crippen LogP contribution in [0.4, 0.5) is 4.39 Å². The van der Waals surface area contributed by atoms with Crippen molar-refractivity contribution in [1.82, 2.24) is 4.31 Å². The van der Waals surface area contributed by atoms with E-state index in [1.54, 1.807) is 6.92 Å². The minimum absolute atomic E-state index is 0.0121. The first-order valence-corrected chi connectivity index (χ1v) is 7.22. The number of benzene rings is 1. The summed E-state index contributed by atoms with van der Waals surface area (Å²) in [7, 11) is -3.78. The summed E-state index contributed by atoms with van der Waals surface area (Å²) in [5.74, 6) is -0.619. The van der Waals surface area contributed by atoms with Gasteiger partial charge in [-0.2, -0.15) is 4.31 Å². The van der Waals surface area contributed by atoms with Crippen LogP contribution < -0.4 is 0 Å². The van der Waals surface area contributed by atoms with E-state index in [4.69, 9.17) is 5.11 Å². The molecule has 0 aliphatic heterocycles. The lowest BCUT2D eigenvalue weighted by Crippen LogP contribution is -2.33. The van der Waals surface area contributed by atoms with Crippen molar-refractivity contribution in [3.63, 3.8) is 0 Å². The third-order valence-electron chi connectivity index (χ3n) is 2.21. The Morgan fingerprint density at radius 1 is 1.47 bits per heavy atom. The molecule has 0 aromatic heterocycles. The fraction of sp³-hybridized carbons (Fsp3) is 0.400. The van der Waals surface area contributed by atoms with Crippen molar-refractivity contribution in [3.05, 3.63) is 28.5 Å². The maximum Gasteiger partial charge on any atom is 0.244 e. The first-order valence-electron chi connectivity index (χ1n) is 4.99. The Morgan fingerprint density at radius 2 is 2.12 bits per heavy atom. The summed E-state index contributed by atoms with van der Waals surface area (Å²) in [5, 5.41) is 8.81. The Labute approximate surface area is 108 Å². The van der Waals surface area contributed by atoms with E-state index in [1.807, 2.05) is 0 Å². The van der Waals surface area contributed by atoms with Gasteiger partial charge in [-0.15, -0.1) is 0 Å². The monoisotopic (exact) mass is 325 g/mol. The van der Waals surface area contributed by atoms with Gasteiger partial charge in [-0.1, -0.05) is 6.92 Å². The van der Waals surface area contributed by atoms with Crippen LogP contribution in [0.1, 0.15) is 6.92 Å². The number of nitrogens with zero attached hydrogens (tertiary/aromatic N) is 1. The van der Waals surface area contributed by atoms with Gasteiger partial charge in [0.25, 0.3) is 0 Å². The van der Waals surface area contributed by atoms with Gasteiger partial charge >= 0.3 is 0 Å². The Bertz CT molecular complexity index is 492. The summed E-state index contributed by atoms with van der Waals surface area (Å²) in [6.45, 7) is 1.58. The highest BCUT2D eigenvalue weighted by molar-refractivity contribution is 9.10. The predicted octanol–water partition coefficient (Wildman–Crippen LogP) is 1.59. The Hall–Kier alpha value is -0.500. The average molecular weight is 326 g/mol. The molecule has 1 aromatic rings. The third kappa shape index (κ3) is 3.25. The molecule has 1 rings (SSSR count). The van der Waals surface area contributed by atoms with Crippen molar-refractivity contribution in [3.8, 4) is 0 Å². The van der Waals surface area contributed by atoms with Crippen molar-refractivity contribution in [2.24, 2.45) is 0 Å². The zero-order valence-corrected chi connectivity index (χ0v) is 11.6. The lowest BCUT2D eigenvalue weighted by atomic mass is 10.3. The average Bonchev–Trinajstić information content (AvgIpc) is 2.28. The Balaban J connectivity index is 3.24. The molecule has 0 amide bonds. The topological polar surface area (TPSA) is 57.6 Å². The number of hydrogen-bond acceptors (Lipinski definition) is 3. The summed E-state index contributed by atoms with van der Waals surface area (Å²) in [6, 6.07) is 3.47. The maximum atomic E-state index is 13.1. The zero-order valence-electron chi connectivity index (χ0n) is 9.23. The quantitative estimate of drug-likeness (QED) is 0.894. The van der Waals surface area contributed by atoms with Crippen LogP contribution in [0.2, 0.25) is 0 Å². The zero-order chi connectivity index (χ0) is 13.1. The van der Waals surface area contributed by atoms with E-state index < -0.39 is 15.8 Å². The summed E-state index contributed by atoms with van der Waals surface area (Å²) in [5.41, 5.74) is 0. The van der Waals surface area contributed by atoms with Gasteiger partial charge in [0, 0.05) is 17.6 Å². The van der Waals surface area contributed by atoms with Crippen molar-refractivity contribution in [2.45, 2.75) is 11.8 Å². The minimum atomic E-state index is -3.78. The van der Waals surface area contributed by atoms with E-state index in [-0.39, 0.29) is 24.6 Å². The molecule has 1 aromatic carbocycles. The largest absolute Gasteiger partial charge is 0.395 e. The first kappa shape index (κ1) is 14.6. The Kier molecular flexibility index (Phi) is 5.05. The molecule has 0 atom stereocenters. The normalized spacial score (nSPS) is 12.1. The molecule has 17 heavy (non-hydrogen) atoms. The van der Waals surface area contributed by atoms with E-state index in [0.717, 1.165) is 10.4 Å². The van der Waals surface area contributed by atoms with Crippen LogP contribution >= 0.6 is 15.9 Å². The predicted molar refractivity (Wildman–Crippen MR) is 65.6 cm³/mol. The highest BCUT2D eigenvalue weighted by Gasteiger charge is 2.25. The summed E-state index contributed by atoms with van der Waals surface area (Å²) in [6.07, 6.45) is 0. The molecule has 0 aliphatic rings. The molecule has 7 heteroatoms. The van der Waals surface area contributed by atoms with Gasteiger partial charge in [0.05, 0.1) is 11.5 Å². The van der Waals surface area contributed by atoms with Crippen LogP contribution in [0.5, 0.6) is 0 Å². The van der Waals surface area contributed by atoms with E-state index in [9.17, 15) is 12.8 Å². The highest BCUT2D eigenvalue weighted by Crippen LogP contribution is 2.25. The number of likely N-dealkylation sites (N-methyl/N-ethyl adjacent to an activating group) is 1. The SMILES string of the molecule is CCN(CCO)S(=O)(=O)c1cc(F)ccc1Br. The number of rotatable bonds is 5. The molecular formula is C10H13BrFNO3S. The molecule has 0 bridgehead atoms. The molecule has 1 N–H and O–H groups in total. The summed E-state index contributed by atoms with van der Waals surface area (Å²) in [4.78, 5) is -0.132. The lowest BCUT2D eigenvalue weighted by Gasteiger charge is -2.20. The number of aliphatic hydroxyl groups is 1. The first-order chi connectivity index (χ1) is 7.93. The van der Waals surface area contributed by atoms with Crippen LogP contribution in [0.25, 0.3) is 0 Å².